The Hall–Kier alpha value is -0.840. The third-order valence-corrected chi connectivity index (χ3v) is 2.92. The molecule has 0 saturated heterocycles. The molecule has 1 N–H and O–H groups in total. The highest BCUT2D eigenvalue weighted by Crippen LogP contribution is 2.16. The van der Waals surface area contributed by atoms with Gasteiger partial charge in [-0.1, -0.05) is 13.3 Å². The SMILES string of the molecule is CCCCn1ncc(NC(C)C)c(Br)c1=O. The zero-order valence-electron chi connectivity index (χ0n) is 9.96. The average Bonchev–Trinajstić information content (AvgIpc) is 2.23. The second kappa shape index (κ2) is 6.03. The molecule has 0 atom stereocenters. The fourth-order valence-corrected chi connectivity index (χ4v) is 1.77. The van der Waals surface area contributed by atoms with E-state index in [1.165, 1.54) is 4.68 Å². The van der Waals surface area contributed by atoms with Crippen LogP contribution >= 0.6 is 15.9 Å². The number of halogens is 1. The Morgan fingerprint density at radius 3 is 2.81 bits per heavy atom. The van der Waals surface area contributed by atoms with Crippen LogP contribution in [0.4, 0.5) is 5.69 Å². The Morgan fingerprint density at radius 2 is 2.25 bits per heavy atom. The first kappa shape index (κ1) is 13.2. The molecule has 0 radical (unpaired) electrons. The summed E-state index contributed by atoms with van der Waals surface area (Å²) < 4.78 is 2.06. The first-order valence-corrected chi connectivity index (χ1v) is 6.37. The van der Waals surface area contributed by atoms with Crippen LogP contribution in [0.3, 0.4) is 0 Å². The van der Waals surface area contributed by atoms with Gasteiger partial charge in [-0.25, -0.2) is 4.68 Å². The Labute approximate surface area is 104 Å². The first-order valence-electron chi connectivity index (χ1n) is 5.58. The highest BCUT2D eigenvalue weighted by Gasteiger charge is 2.08. The molecule has 0 aliphatic heterocycles. The predicted molar refractivity (Wildman–Crippen MR) is 69.9 cm³/mol. The molecule has 0 aromatic carbocycles. The molecule has 16 heavy (non-hydrogen) atoms. The van der Waals surface area contributed by atoms with Gasteiger partial charge in [-0.05, 0) is 36.2 Å². The van der Waals surface area contributed by atoms with E-state index in [1.54, 1.807) is 6.20 Å². The third kappa shape index (κ3) is 3.33. The summed E-state index contributed by atoms with van der Waals surface area (Å²) in [5.41, 5.74) is 0.687. The van der Waals surface area contributed by atoms with Crippen molar-refractivity contribution in [3.05, 3.63) is 21.0 Å². The fraction of sp³-hybridized carbons (Fsp3) is 0.636. The van der Waals surface area contributed by atoms with E-state index in [0.29, 0.717) is 11.0 Å². The molecule has 5 heteroatoms. The molecule has 0 aliphatic rings. The number of nitrogens with one attached hydrogen (secondary N) is 1. The Balaban J connectivity index is 2.94. The molecular weight excluding hydrogens is 270 g/mol. The summed E-state index contributed by atoms with van der Waals surface area (Å²) in [5, 5.41) is 7.32. The van der Waals surface area contributed by atoms with Crippen molar-refractivity contribution in [2.45, 2.75) is 46.2 Å². The third-order valence-electron chi connectivity index (χ3n) is 2.15. The molecule has 0 fully saturated rings. The van der Waals surface area contributed by atoms with Crippen molar-refractivity contribution >= 4 is 21.6 Å². The summed E-state index contributed by atoms with van der Waals surface area (Å²) in [7, 11) is 0. The Bertz CT molecular complexity index is 401. The number of aromatic nitrogens is 2. The second-order valence-corrected chi connectivity index (χ2v) is 4.85. The summed E-state index contributed by atoms with van der Waals surface area (Å²) in [5.74, 6) is 0. The van der Waals surface area contributed by atoms with E-state index in [9.17, 15) is 4.79 Å². The molecule has 0 aliphatic carbocycles. The molecule has 0 bridgehead atoms. The average molecular weight is 288 g/mol. The van der Waals surface area contributed by atoms with Crippen LogP contribution in [0.25, 0.3) is 0 Å². The van der Waals surface area contributed by atoms with E-state index < -0.39 is 0 Å². The van der Waals surface area contributed by atoms with E-state index >= 15 is 0 Å². The standard InChI is InChI=1S/C11H18BrN3O/c1-4-5-6-15-11(16)10(12)9(7-13-15)14-8(2)3/h7-8,14H,4-6H2,1-3H3. The molecule has 1 aromatic heterocycles. The monoisotopic (exact) mass is 287 g/mol. The first-order chi connectivity index (χ1) is 7.56. The lowest BCUT2D eigenvalue weighted by Gasteiger charge is -2.12. The summed E-state index contributed by atoms with van der Waals surface area (Å²) in [4.78, 5) is 11.9. The number of rotatable bonds is 5. The van der Waals surface area contributed by atoms with Crippen molar-refractivity contribution < 1.29 is 0 Å². The van der Waals surface area contributed by atoms with E-state index in [0.717, 1.165) is 18.5 Å². The van der Waals surface area contributed by atoms with Crippen LogP contribution in [0.1, 0.15) is 33.6 Å². The zero-order chi connectivity index (χ0) is 12.1. The van der Waals surface area contributed by atoms with Gasteiger partial charge in [0.2, 0.25) is 0 Å². The molecule has 1 heterocycles. The van der Waals surface area contributed by atoms with Gasteiger partial charge in [0, 0.05) is 12.6 Å². The molecule has 1 aromatic rings. The van der Waals surface area contributed by atoms with Gasteiger partial charge in [0.1, 0.15) is 4.47 Å². The highest BCUT2D eigenvalue weighted by molar-refractivity contribution is 9.10. The molecule has 1 rings (SSSR count). The molecule has 0 amide bonds. The summed E-state index contributed by atoms with van der Waals surface area (Å²) >= 11 is 3.32. The smallest absolute Gasteiger partial charge is 0.283 e. The maximum atomic E-state index is 11.9. The minimum atomic E-state index is -0.0703. The minimum absolute atomic E-state index is 0.0703. The largest absolute Gasteiger partial charge is 0.380 e. The molecule has 0 saturated carbocycles. The van der Waals surface area contributed by atoms with Gasteiger partial charge in [0.05, 0.1) is 11.9 Å². The van der Waals surface area contributed by atoms with E-state index in [-0.39, 0.29) is 11.6 Å². The van der Waals surface area contributed by atoms with Gasteiger partial charge < -0.3 is 5.32 Å². The zero-order valence-corrected chi connectivity index (χ0v) is 11.5. The summed E-state index contributed by atoms with van der Waals surface area (Å²) in [6.07, 6.45) is 3.72. The second-order valence-electron chi connectivity index (χ2n) is 4.05. The van der Waals surface area contributed by atoms with Crippen molar-refractivity contribution in [3.8, 4) is 0 Å². The fourth-order valence-electron chi connectivity index (χ4n) is 1.34. The number of aryl methyl sites for hydroxylation is 1. The van der Waals surface area contributed by atoms with Crippen molar-refractivity contribution in [2.75, 3.05) is 5.32 Å². The van der Waals surface area contributed by atoms with Crippen molar-refractivity contribution in [1.82, 2.24) is 9.78 Å². The van der Waals surface area contributed by atoms with Gasteiger partial charge >= 0.3 is 0 Å². The molecule has 90 valence electrons. The number of anilines is 1. The van der Waals surface area contributed by atoms with Crippen molar-refractivity contribution in [3.63, 3.8) is 0 Å². The van der Waals surface area contributed by atoms with Gasteiger partial charge in [-0.3, -0.25) is 4.79 Å². The number of hydrogen-bond acceptors (Lipinski definition) is 3. The van der Waals surface area contributed by atoms with Crippen molar-refractivity contribution in [2.24, 2.45) is 0 Å². The number of unbranched alkanes of at least 4 members (excludes halogenated alkanes) is 1. The van der Waals surface area contributed by atoms with E-state index in [1.807, 2.05) is 13.8 Å². The summed E-state index contributed by atoms with van der Waals surface area (Å²) in [6.45, 7) is 6.81. The number of hydrogen-bond donors (Lipinski definition) is 1. The lowest BCUT2D eigenvalue weighted by Crippen LogP contribution is -2.25. The van der Waals surface area contributed by atoms with Gasteiger partial charge in [0.25, 0.3) is 5.56 Å². The Kier molecular flexibility index (Phi) is 4.99. The van der Waals surface area contributed by atoms with Gasteiger partial charge in [-0.2, -0.15) is 5.10 Å². The Morgan fingerprint density at radius 1 is 1.56 bits per heavy atom. The van der Waals surface area contributed by atoms with Gasteiger partial charge in [-0.15, -0.1) is 0 Å². The number of nitrogens with zero attached hydrogens (tertiary/aromatic N) is 2. The molecule has 4 nitrogen and oxygen atoms in total. The lowest BCUT2D eigenvalue weighted by atomic mass is 10.3. The molecule has 0 spiro atoms. The quantitative estimate of drug-likeness (QED) is 0.906. The summed E-state index contributed by atoms with van der Waals surface area (Å²) in [6, 6.07) is 0.281. The van der Waals surface area contributed by atoms with Crippen LogP contribution in [-0.4, -0.2) is 15.8 Å². The minimum Gasteiger partial charge on any atom is -0.380 e. The van der Waals surface area contributed by atoms with E-state index in [2.05, 4.69) is 33.3 Å². The van der Waals surface area contributed by atoms with Crippen LogP contribution in [0.2, 0.25) is 0 Å². The predicted octanol–water partition coefficient (Wildman–Crippen LogP) is 2.63. The van der Waals surface area contributed by atoms with Crippen LogP contribution in [-0.2, 0) is 6.54 Å². The maximum Gasteiger partial charge on any atom is 0.283 e. The van der Waals surface area contributed by atoms with Crippen molar-refractivity contribution in [1.29, 1.82) is 0 Å². The van der Waals surface area contributed by atoms with Crippen LogP contribution < -0.4 is 10.9 Å². The molecular formula is C11H18BrN3O. The molecule has 0 unspecified atom stereocenters. The van der Waals surface area contributed by atoms with Crippen LogP contribution in [0.15, 0.2) is 15.5 Å². The highest BCUT2D eigenvalue weighted by atomic mass is 79.9. The van der Waals surface area contributed by atoms with Gasteiger partial charge in [0.15, 0.2) is 0 Å². The van der Waals surface area contributed by atoms with E-state index in [4.69, 9.17) is 0 Å². The lowest BCUT2D eigenvalue weighted by molar-refractivity contribution is 0.541. The van der Waals surface area contributed by atoms with Crippen LogP contribution in [0.5, 0.6) is 0 Å². The maximum absolute atomic E-state index is 11.9. The van der Waals surface area contributed by atoms with Crippen LogP contribution in [0, 0.1) is 0 Å². The normalized spacial score (nSPS) is 10.8. The topological polar surface area (TPSA) is 46.9 Å².